The Hall–Kier alpha value is -0.186. The molecule has 0 aliphatic carbocycles. The van der Waals surface area contributed by atoms with E-state index in [0.717, 1.165) is 6.92 Å². The monoisotopic (exact) mass is 358 g/mol. The number of carbonyl (C=O) groups is 1. The van der Waals surface area contributed by atoms with Crippen LogP contribution in [0, 0.1) is 5.92 Å². The number of halogens is 3. The highest BCUT2D eigenvalue weighted by atomic mass is 28.4. The molecule has 0 bridgehead atoms. The van der Waals surface area contributed by atoms with Crippen LogP contribution < -0.4 is 0 Å². The summed E-state index contributed by atoms with van der Waals surface area (Å²) >= 11 is 0. The highest BCUT2D eigenvalue weighted by molar-refractivity contribution is 6.69. The first-order chi connectivity index (χ1) is 9.69. The quantitative estimate of drug-likeness (QED) is 0.616. The molecule has 2 atom stereocenters. The molecule has 0 N–H and O–H groups in total. The Kier molecular flexibility index (Phi) is 8.01. The SMILES string of the molecule is CCC[C@@H](O[Si](C)(C)O[SiH2]C(C)(C)C)C(=O)C(C)C(F)(F)F. The molecule has 1 unspecified atom stereocenters. The highest BCUT2D eigenvalue weighted by Gasteiger charge is 2.45. The lowest BCUT2D eigenvalue weighted by atomic mass is 9.99. The van der Waals surface area contributed by atoms with Crippen molar-refractivity contribution in [3.63, 3.8) is 0 Å². The molecule has 0 rings (SSSR count). The third-order valence-electron chi connectivity index (χ3n) is 3.06. The van der Waals surface area contributed by atoms with Crippen LogP contribution in [0.1, 0.15) is 47.5 Å². The fourth-order valence-electron chi connectivity index (χ4n) is 1.73. The van der Waals surface area contributed by atoms with Gasteiger partial charge in [0.1, 0.15) is 12.0 Å². The van der Waals surface area contributed by atoms with Gasteiger partial charge in [0.2, 0.25) is 0 Å². The Morgan fingerprint density at radius 1 is 1.23 bits per heavy atom. The molecule has 0 heterocycles. The number of hydrogen-bond acceptors (Lipinski definition) is 3. The summed E-state index contributed by atoms with van der Waals surface area (Å²) in [6, 6.07) is 0. The summed E-state index contributed by atoms with van der Waals surface area (Å²) in [7, 11) is -3.49. The number of Topliss-reactive ketones (excluding diaryl/α,β-unsaturated/α-hetero) is 1. The molecule has 0 saturated heterocycles. The zero-order chi connectivity index (χ0) is 17.8. The summed E-state index contributed by atoms with van der Waals surface area (Å²) in [5.74, 6) is -2.90. The van der Waals surface area contributed by atoms with Crippen LogP contribution in [0.3, 0.4) is 0 Å². The highest BCUT2D eigenvalue weighted by Crippen LogP contribution is 2.30. The van der Waals surface area contributed by atoms with Crippen molar-refractivity contribution in [2.45, 2.75) is 77.9 Å². The van der Waals surface area contributed by atoms with Gasteiger partial charge in [0.15, 0.2) is 15.5 Å². The van der Waals surface area contributed by atoms with Crippen molar-refractivity contribution in [3.8, 4) is 0 Å². The van der Waals surface area contributed by atoms with E-state index >= 15 is 0 Å². The predicted molar refractivity (Wildman–Crippen MR) is 86.8 cm³/mol. The van der Waals surface area contributed by atoms with Gasteiger partial charge < -0.3 is 8.54 Å². The minimum atomic E-state index is -4.53. The van der Waals surface area contributed by atoms with Gasteiger partial charge in [-0.15, -0.1) is 0 Å². The summed E-state index contributed by atoms with van der Waals surface area (Å²) in [6.45, 7) is 12.5. The third-order valence-corrected chi connectivity index (χ3v) is 8.14. The molecule has 0 spiro atoms. The second-order valence-corrected chi connectivity index (χ2v) is 13.9. The van der Waals surface area contributed by atoms with Crippen LogP contribution in [0.15, 0.2) is 0 Å². The Morgan fingerprint density at radius 2 is 1.73 bits per heavy atom. The Bertz CT molecular complexity index is 365. The van der Waals surface area contributed by atoms with Gasteiger partial charge in [-0.1, -0.05) is 34.1 Å². The third kappa shape index (κ3) is 8.45. The van der Waals surface area contributed by atoms with Gasteiger partial charge in [0, 0.05) is 0 Å². The molecule has 0 amide bonds. The molecule has 0 saturated carbocycles. The second kappa shape index (κ2) is 8.07. The molecule has 0 radical (unpaired) electrons. The standard InChI is InChI=1S/C14H29F3O3Si2/c1-8-9-11(12(18)10(2)14(15,16)17)19-22(6,7)20-21-13(3,4)5/h10-11H,8-9,21H2,1-7H3/t10?,11-/m1/s1. The van der Waals surface area contributed by atoms with Gasteiger partial charge >= 0.3 is 14.7 Å². The maximum absolute atomic E-state index is 12.7. The van der Waals surface area contributed by atoms with Gasteiger partial charge in [-0.05, 0) is 31.5 Å². The van der Waals surface area contributed by atoms with Crippen LogP contribution >= 0.6 is 0 Å². The fourth-order valence-corrected chi connectivity index (χ4v) is 6.04. The van der Waals surface area contributed by atoms with E-state index in [1.54, 1.807) is 13.1 Å². The Morgan fingerprint density at radius 3 is 2.09 bits per heavy atom. The molecular weight excluding hydrogens is 329 g/mol. The van der Waals surface area contributed by atoms with E-state index < -0.39 is 42.3 Å². The first-order valence-corrected chi connectivity index (χ1v) is 11.7. The average Bonchev–Trinajstić information content (AvgIpc) is 2.32. The van der Waals surface area contributed by atoms with Crippen molar-refractivity contribution in [1.82, 2.24) is 0 Å². The number of hydrogen-bond donors (Lipinski definition) is 0. The lowest BCUT2D eigenvalue weighted by Crippen LogP contribution is -2.46. The van der Waals surface area contributed by atoms with Crippen LogP contribution in [0.25, 0.3) is 0 Å². The smallest absolute Gasteiger partial charge is 0.398 e. The van der Waals surface area contributed by atoms with Crippen molar-refractivity contribution in [1.29, 1.82) is 0 Å². The zero-order valence-corrected chi connectivity index (χ0v) is 17.0. The lowest BCUT2D eigenvalue weighted by molar-refractivity contribution is -0.182. The van der Waals surface area contributed by atoms with Gasteiger partial charge in [0.05, 0.1) is 0 Å². The molecule has 8 heteroatoms. The number of alkyl halides is 3. The summed E-state index contributed by atoms with van der Waals surface area (Å²) in [4.78, 5) is 12.1. The molecule has 22 heavy (non-hydrogen) atoms. The van der Waals surface area contributed by atoms with E-state index in [2.05, 4.69) is 20.8 Å². The first kappa shape index (κ1) is 21.8. The molecule has 0 aromatic rings. The average molecular weight is 359 g/mol. The minimum absolute atomic E-state index is 0.0666. The number of carbonyl (C=O) groups excluding carboxylic acids is 1. The summed E-state index contributed by atoms with van der Waals surface area (Å²) in [5, 5.41) is 0.0666. The molecule has 132 valence electrons. The molecule has 0 aliphatic heterocycles. The van der Waals surface area contributed by atoms with Gasteiger partial charge in [0.25, 0.3) is 0 Å². The molecular formula is C14H29F3O3Si2. The second-order valence-electron chi connectivity index (χ2n) is 7.31. The molecule has 0 aromatic carbocycles. The van der Waals surface area contributed by atoms with Crippen LogP contribution in [0.5, 0.6) is 0 Å². The van der Waals surface area contributed by atoms with Crippen molar-refractivity contribution in [2.24, 2.45) is 5.92 Å². The van der Waals surface area contributed by atoms with Crippen molar-refractivity contribution < 1.29 is 26.5 Å². The van der Waals surface area contributed by atoms with Crippen molar-refractivity contribution in [2.75, 3.05) is 0 Å². The molecule has 3 nitrogen and oxygen atoms in total. The topological polar surface area (TPSA) is 35.5 Å². The molecule has 0 fully saturated rings. The minimum Gasteiger partial charge on any atom is -0.441 e. The van der Waals surface area contributed by atoms with E-state index in [1.807, 2.05) is 6.92 Å². The van der Waals surface area contributed by atoms with E-state index in [9.17, 15) is 18.0 Å². The summed E-state index contributed by atoms with van der Waals surface area (Å²) in [6.07, 6.45) is -4.69. The van der Waals surface area contributed by atoms with E-state index in [1.165, 1.54) is 0 Å². The van der Waals surface area contributed by atoms with E-state index in [0.29, 0.717) is 6.42 Å². The van der Waals surface area contributed by atoms with Crippen LogP contribution in [-0.2, 0) is 13.3 Å². The fraction of sp³-hybridized carbons (Fsp3) is 0.929. The van der Waals surface area contributed by atoms with Gasteiger partial charge in [-0.2, -0.15) is 13.2 Å². The maximum atomic E-state index is 12.7. The lowest BCUT2D eigenvalue weighted by Gasteiger charge is -2.32. The van der Waals surface area contributed by atoms with Gasteiger partial charge in [-0.25, -0.2) is 0 Å². The summed E-state index contributed by atoms with van der Waals surface area (Å²) in [5.41, 5.74) is 0. The van der Waals surface area contributed by atoms with Gasteiger partial charge in [-0.3, -0.25) is 4.79 Å². The Balaban J connectivity index is 4.92. The Labute approximate surface area is 135 Å². The molecule has 0 aromatic heterocycles. The normalized spacial score (nSPS) is 17.0. The van der Waals surface area contributed by atoms with Crippen LogP contribution in [-0.4, -0.2) is 36.4 Å². The number of ketones is 1. The van der Waals surface area contributed by atoms with Crippen molar-refractivity contribution >= 4 is 24.1 Å². The largest absolute Gasteiger partial charge is 0.441 e. The van der Waals surface area contributed by atoms with Crippen LogP contribution in [0.2, 0.25) is 18.1 Å². The van der Waals surface area contributed by atoms with Crippen LogP contribution in [0.4, 0.5) is 13.2 Å². The first-order valence-electron chi connectivity index (χ1n) is 7.62. The maximum Gasteiger partial charge on any atom is 0.398 e. The van der Waals surface area contributed by atoms with Crippen molar-refractivity contribution in [3.05, 3.63) is 0 Å². The zero-order valence-electron chi connectivity index (χ0n) is 14.6. The molecule has 0 aliphatic rings. The summed E-state index contributed by atoms with van der Waals surface area (Å²) < 4.78 is 49.9. The predicted octanol–water partition coefficient (Wildman–Crippen LogP) is 3.96. The number of rotatable bonds is 8. The van der Waals surface area contributed by atoms with E-state index in [-0.39, 0.29) is 11.5 Å². The van der Waals surface area contributed by atoms with E-state index in [4.69, 9.17) is 8.54 Å².